The van der Waals surface area contributed by atoms with Crippen molar-refractivity contribution in [1.82, 2.24) is 20.1 Å². The Bertz CT molecular complexity index is 604. The summed E-state index contributed by atoms with van der Waals surface area (Å²) in [4.78, 5) is 4.56. The molecule has 0 radical (unpaired) electrons. The van der Waals surface area contributed by atoms with Gasteiger partial charge in [0, 0.05) is 29.9 Å². The van der Waals surface area contributed by atoms with E-state index >= 15 is 0 Å². The number of hydrogen-bond acceptors (Lipinski definition) is 3. The standard InChI is InChI=1S/C16H23BrN4/c1-5-15-19-16(6-2)21(20-15)13-8-7-12(14(17)9-13)10-18-11(3)4/h7-9,11,18H,5-6,10H2,1-4H3. The third-order valence-corrected chi connectivity index (χ3v) is 4.07. The summed E-state index contributed by atoms with van der Waals surface area (Å²) < 4.78 is 3.05. The normalized spacial score (nSPS) is 11.3. The first kappa shape index (κ1) is 16.2. The molecule has 0 aliphatic heterocycles. The molecule has 0 atom stereocenters. The van der Waals surface area contributed by atoms with Crippen LogP contribution in [0, 0.1) is 0 Å². The van der Waals surface area contributed by atoms with E-state index in [4.69, 9.17) is 0 Å². The molecule has 2 aromatic rings. The summed E-state index contributed by atoms with van der Waals surface area (Å²) in [7, 11) is 0. The van der Waals surface area contributed by atoms with Crippen molar-refractivity contribution in [3.05, 3.63) is 39.9 Å². The van der Waals surface area contributed by atoms with Gasteiger partial charge in [0.2, 0.25) is 0 Å². The van der Waals surface area contributed by atoms with Crippen molar-refractivity contribution < 1.29 is 0 Å². The van der Waals surface area contributed by atoms with E-state index in [1.54, 1.807) is 0 Å². The predicted molar refractivity (Wildman–Crippen MR) is 89.8 cm³/mol. The fraction of sp³-hybridized carbons (Fsp3) is 0.500. The lowest BCUT2D eigenvalue weighted by molar-refractivity contribution is 0.587. The second kappa shape index (κ2) is 7.18. The third-order valence-electron chi connectivity index (χ3n) is 3.33. The SMILES string of the molecule is CCc1nc(CC)n(-c2ccc(CNC(C)C)c(Br)c2)n1. The van der Waals surface area contributed by atoms with Gasteiger partial charge in [-0.3, -0.25) is 0 Å². The number of hydrogen-bond donors (Lipinski definition) is 1. The average molecular weight is 351 g/mol. The predicted octanol–water partition coefficient (Wildman–Crippen LogP) is 3.65. The number of halogens is 1. The van der Waals surface area contributed by atoms with Crippen molar-refractivity contribution in [3.8, 4) is 5.69 Å². The molecule has 0 amide bonds. The van der Waals surface area contributed by atoms with E-state index in [1.807, 2.05) is 4.68 Å². The van der Waals surface area contributed by atoms with Crippen LogP contribution in [0.5, 0.6) is 0 Å². The highest BCUT2D eigenvalue weighted by atomic mass is 79.9. The van der Waals surface area contributed by atoms with E-state index in [-0.39, 0.29) is 0 Å². The Balaban J connectivity index is 2.29. The molecule has 2 rings (SSSR count). The molecule has 1 aromatic carbocycles. The summed E-state index contributed by atoms with van der Waals surface area (Å²) in [6, 6.07) is 6.84. The van der Waals surface area contributed by atoms with Crippen LogP contribution in [0.3, 0.4) is 0 Å². The van der Waals surface area contributed by atoms with E-state index < -0.39 is 0 Å². The van der Waals surface area contributed by atoms with Gasteiger partial charge in [0.05, 0.1) is 5.69 Å². The third kappa shape index (κ3) is 3.92. The first-order chi connectivity index (χ1) is 10.0. The van der Waals surface area contributed by atoms with Crippen LogP contribution in [0.1, 0.15) is 44.9 Å². The Morgan fingerprint density at radius 2 is 2.00 bits per heavy atom. The van der Waals surface area contributed by atoms with Gasteiger partial charge in [0.15, 0.2) is 5.82 Å². The molecule has 0 bridgehead atoms. The van der Waals surface area contributed by atoms with Gasteiger partial charge in [0.25, 0.3) is 0 Å². The average Bonchev–Trinajstić information content (AvgIpc) is 2.89. The first-order valence-electron chi connectivity index (χ1n) is 7.52. The van der Waals surface area contributed by atoms with Crippen LogP contribution in [-0.4, -0.2) is 20.8 Å². The Morgan fingerprint density at radius 1 is 1.24 bits per heavy atom. The maximum Gasteiger partial charge on any atom is 0.151 e. The largest absolute Gasteiger partial charge is 0.310 e. The minimum atomic E-state index is 0.477. The molecular weight excluding hydrogens is 328 g/mol. The molecule has 1 heterocycles. The van der Waals surface area contributed by atoms with E-state index in [0.29, 0.717) is 6.04 Å². The van der Waals surface area contributed by atoms with Crippen LogP contribution in [-0.2, 0) is 19.4 Å². The van der Waals surface area contributed by atoms with Crippen LogP contribution in [0.4, 0.5) is 0 Å². The number of aromatic nitrogens is 3. The van der Waals surface area contributed by atoms with Gasteiger partial charge in [-0.1, -0.05) is 49.7 Å². The zero-order valence-electron chi connectivity index (χ0n) is 13.2. The number of aryl methyl sites for hydroxylation is 2. The van der Waals surface area contributed by atoms with E-state index in [1.165, 1.54) is 5.56 Å². The summed E-state index contributed by atoms with van der Waals surface area (Å²) in [6.07, 6.45) is 1.73. The maximum atomic E-state index is 4.58. The van der Waals surface area contributed by atoms with Crippen LogP contribution in [0.15, 0.2) is 22.7 Å². The molecule has 21 heavy (non-hydrogen) atoms. The van der Waals surface area contributed by atoms with Crippen LogP contribution in [0.25, 0.3) is 5.69 Å². The minimum Gasteiger partial charge on any atom is -0.310 e. The summed E-state index contributed by atoms with van der Waals surface area (Å²) in [5.74, 6) is 1.90. The molecule has 114 valence electrons. The molecule has 4 nitrogen and oxygen atoms in total. The molecule has 0 fully saturated rings. The minimum absolute atomic E-state index is 0.477. The highest BCUT2D eigenvalue weighted by Crippen LogP contribution is 2.22. The fourth-order valence-electron chi connectivity index (χ4n) is 2.10. The van der Waals surface area contributed by atoms with Crippen LogP contribution in [0.2, 0.25) is 0 Å². The topological polar surface area (TPSA) is 42.7 Å². The van der Waals surface area contributed by atoms with E-state index in [0.717, 1.165) is 41.2 Å². The van der Waals surface area contributed by atoms with Crippen molar-refractivity contribution in [3.63, 3.8) is 0 Å². The van der Waals surface area contributed by atoms with Crippen LogP contribution < -0.4 is 5.32 Å². The van der Waals surface area contributed by atoms with Crippen molar-refractivity contribution in [1.29, 1.82) is 0 Å². The van der Waals surface area contributed by atoms with E-state index in [2.05, 4.69) is 77.2 Å². The Kier molecular flexibility index (Phi) is 5.53. The molecule has 0 spiro atoms. The van der Waals surface area contributed by atoms with Gasteiger partial charge in [-0.05, 0) is 17.7 Å². The second-order valence-electron chi connectivity index (χ2n) is 5.37. The van der Waals surface area contributed by atoms with Crippen LogP contribution >= 0.6 is 15.9 Å². The van der Waals surface area contributed by atoms with Crippen molar-refractivity contribution in [2.75, 3.05) is 0 Å². The molecule has 0 saturated heterocycles. The Hall–Kier alpha value is -1.20. The Morgan fingerprint density at radius 3 is 2.57 bits per heavy atom. The lowest BCUT2D eigenvalue weighted by Gasteiger charge is -2.11. The maximum absolute atomic E-state index is 4.58. The molecule has 0 unspecified atom stereocenters. The fourth-order valence-corrected chi connectivity index (χ4v) is 2.61. The Labute approximate surface area is 135 Å². The highest BCUT2D eigenvalue weighted by Gasteiger charge is 2.10. The molecule has 0 aliphatic carbocycles. The number of benzene rings is 1. The van der Waals surface area contributed by atoms with Gasteiger partial charge in [-0.25, -0.2) is 9.67 Å². The van der Waals surface area contributed by atoms with Gasteiger partial charge in [-0.2, -0.15) is 5.10 Å². The number of nitrogens with one attached hydrogen (secondary N) is 1. The summed E-state index contributed by atoms with van der Waals surface area (Å²) >= 11 is 3.66. The first-order valence-corrected chi connectivity index (χ1v) is 8.31. The van der Waals surface area contributed by atoms with Crippen molar-refractivity contribution in [2.45, 2.75) is 53.1 Å². The second-order valence-corrected chi connectivity index (χ2v) is 6.23. The molecule has 1 aromatic heterocycles. The molecule has 5 heteroatoms. The summed E-state index contributed by atoms with van der Waals surface area (Å²) in [5.41, 5.74) is 2.31. The van der Waals surface area contributed by atoms with Gasteiger partial charge < -0.3 is 5.32 Å². The number of rotatable bonds is 6. The number of nitrogens with zero attached hydrogens (tertiary/aromatic N) is 3. The van der Waals surface area contributed by atoms with Gasteiger partial charge in [0.1, 0.15) is 5.82 Å². The monoisotopic (exact) mass is 350 g/mol. The molecule has 0 saturated carbocycles. The summed E-state index contributed by atoms with van der Waals surface area (Å²) in [6.45, 7) is 9.34. The lowest BCUT2D eigenvalue weighted by Crippen LogP contribution is -2.22. The smallest absolute Gasteiger partial charge is 0.151 e. The van der Waals surface area contributed by atoms with Crippen molar-refractivity contribution >= 4 is 15.9 Å². The van der Waals surface area contributed by atoms with Crippen molar-refractivity contribution in [2.24, 2.45) is 0 Å². The van der Waals surface area contributed by atoms with Gasteiger partial charge in [-0.15, -0.1) is 0 Å². The highest BCUT2D eigenvalue weighted by molar-refractivity contribution is 9.10. The molecule has 1 N–H and O–H groups in total. The zero-order valence-corrected chi connectivity index (χ0v) is 14.7. The molecular formula is C16H23BrN4. The van der Waals surface area contributed by atoms with Gasteiger partial charge >= 0.3 is 0 Å². The zero-order chi connectivity index (χ0) is 15.4. The lowest BCUT2D eigenvalue weighted by atomic mass is 10.2. The molecule has 0 aliphatic rings. The quantitative estimate of drug-likeness (QED) is 0.864. The van der Waals surface area contributed by atoms with E-state index in [9.17, 15) is 0 Å². The summed E-state index contributed by atoms with van der Waals surface area (Å²) in [5, 5.41) is 8.02.